The van der Waals surface area contributed by atoms with Gasteiger partial charge in [0.15, 0.2) is 17.9 Å². The second-order valence-corrected chi connectivity index (χ2v) is 10.5. The highest BCUT2D eigenvalue weighted by Gasteiger charge is 2.55. The third kappa shape index (κ3) is 4.87. The molecule has 37 heavy (non-hydrogen) atoms. The number of β-lactam (4-membered cyclic amide) rings is 1. The number of amides is 2. The molecule has 1 fully saturated rings. The standard InChI is InChI=1S/C22H24N8O5S2/c1-2-35-27-14(17-26-22(23)37-28-17)18(31)25-15-19(32)30-16(21(33)34)13(10-36-20(15)30)9-29-8-12-6-4-3-5-11(12)7-24-29/h7-8,15,20H,2-6,9-10H2,1H3,(H3-,23,25,26,28,31,33,34)/p+1/t15?,20-/m1/s1. The smallest absolute Gasteiger partial charge is 0.352 e. The van der Waals surface area contributed by atoms with Gasteiger partial charge in [0, 0.05) is 28.4 Å². The number of aliphatic carboxylic acids is 1. The van der Waals surface area contributed by atoms with Crippen molar-refractivity contribution in [1.29, 1.82) is 0 Å². The lowest BCUT2D eigenvalue weighted by Gasteiger charge is -2.49. The van der Waals surface area contributed by atoms with Gasteiger partial charge in [0.05, 0.1) is 6.20 Å². The summed E-state index contributed by atoms with van der Waals surface area (Å²) in [6.07, 6.45) is 8.06. The van der Waals surface area contributed by atoms with Gasteiger partial charge in [0.1, 0.15) is 23.7 Å². The lowest BCUT2D eigenvalue weighted by Crippen LogP contribution is -2.71. The molecule has 0 saturated carbocycles. The first kappa shape index (κ1) is 25.1. The Morgan fingerprint density at radius 2 is 2.14 bits per heavy atom. The number of aromatic nitrogens is 4. The molecular weight excluding hydrogens is 520 g/mol. The van der Waals surface area contributed by atoms with Crippen molar-refractivity contribution in [3.8, 4) is 0 Å². The molecule has 4 heterocycles. The predicted octanol–water partition coefficient (Wildman–Crippen LogP) is -0.139. The van der Waals surface area contributed by atoms with Gasteiger partial charge in [-0.15, -0.1) is 11.8 Å². The van der Waals surface area contributed by atoms with Crippen molar-refractivity contribution in [3.05, 3.63) is 40.6 Å². The minimum atomic E-state index is -1.20. The van der Waals surface area contributed by atoms with Crippen LogP contribution in [-0.4, -0.2) is 71.7 Å². The first-order valence-corrected chi connectivity index (χ1v) is 13.6. The molecule has 1 unspecified atom stereocenters. The number of fused-ring (bicyclic) bond motifs is 2. The minimum absolute atomic E-state index is 0.0173. The molecule has 4 N–H and O–H groups in total. The fourth-order valence-electron chi connectivity index (χ4n) is 4.54. The molecule has 2 aromatic rings. The minimum Gasteiger partial charge on any atom is -0.477 e. The number of anilines is 1. The first-order chi connectivity index (χ1) is 17.9. The van der Waals surface area contributed by atoms with Gasteiger partial charge in [0.25, 0.3) is 11.8 Å². The maximum absolute atomic E-state index is 13.1. The average molecular weight is 546 g/mol. The van der Waals surface area contributed by atoms with Gasteiger partial charge in [-0.1, -0.05) is 9.84 Å². The lowest BCUT2D eigenvalue weighted by molar-refractivity contribution is -0.747. The SMILES string of the molecule is CCON=C(C(=O)NC1C(=O)N2C(C(=O)O)=C(C[n+]3cc4c(cn3)CCCC4)CS[C@H]12)c1nsc(N)n1. The molecule has 1 aliphatic carbocycles. The Hall–Kier alpha value is -3.59. The zero-order valence-electron chi connectivity index (χ0n) is 19.9. The maximum atomic E-state index is 13.1. The molecule has 2 atom stereocenters. The van der Waals surface area contributed by atoms with Crippen molar-refractivity contribution in [2.45, 2.75) is 50.6 Å². The summed E-state index contributed by atoms with van der Waals surface area (Å²) in [5, 5.41) is 20.4. The van der Waals surface area contributed by atoms with Crippen LogP contribution >= 0.6 is 23.3 Å². The predicted molar refractivity (Wildman–Crippen MR) is 133 cm³/mol. The molecule has 0 aromatic carbocycles. The van der Waals surface area contributed by atoms with Crippen molar-refractivity contribution in [1.82, 2.24) is 24.7 Å². The zero-order chi connectivity index (χ0) is 26.1. The van der Waals surface area contributed by atoms with E-state index in [0.29, 0.717) is 11.3 Å². The summed E-state index contributed by atoms with van der Waals surface area (Å²) in [6, 6.07) is -0.939. The van der Waals surface area contributed by atoms with E-state index in [4.69, 9.17) is 10.6 Å². The van der Waals surface area contributed by atoms with E-state index >= 15 is 0 Å². The number of carbonyl (C=O) groups is 3. The van der Waals surface area contributed by atoms with Crippen LogP contribution < -0.4 is 15.7 Å². The van der Waals surface area contributed by atoms with Crippen LogP contribution in [0.25, 0.3) is 0 Å². The molecule has 2 aliphatic heterocycles. The van der Waals surface area contributed by atoms with E-state index in [1.54, 1.807) is 11.6 Å². The number of nitrogens with one attached hydrogen (secondary N) is 1. The number of oxime groups is 1. The summed E-state index contributed by atoms with van der Waals surface area (Å²) in [4.78, 5) is 48.5. The molecule has 2 aromatic heterocycles. The van der Waals surface area contributed by atoms with Gasteiger partial charge >= 0.3 is 5.97 Å². The molecule has 5 rings (SSSR count). The Kier molecular flexibility index (Phi) is 7.06. The van der Waals surface area contributed by atoms with E-state index in [1.165, 1.54) is 27.8 Å². The van der Waals surface area contributed by atoms with Gasteiger partial charge in [-0.3, -0.25) is 14.5 Å². The number of carboxylic acid groups (broad SMARTS) is 1. The first-order valence-electron chi connectivity index (χ1n) is 11.7. The summed E-state index contributed by atoms with van der Waals surface area (Å²) in [7, 11) is 0. The molecular formula is C22H25N8O5S2+. The molecule has 0 bridgehead atoms. The van der Waals surface area contributed by atoms with Crippen LogP contribution in [0.5, 0.6) is 0 Å². The Labute approximate surface area is 219 Å². The number of nitrogens with zero attached hydrogens (tertiary/aromatic N) is 6. The third-order valence-corrected chi connectivity index (χ3v) is 8.15. The number of carbonyl (C=O) groups excluding carboxylic acids is 2. The normalized spacial score (nSPS) is 21.2. The molecule has 0 radical (unpaired) electrons. The second-order valence-electron chi connectivity index (χ2n) is 8.66. The van der Waals surface area contributed by atoms with Crippen LogP contribution in [0.3, 0.4) is 0 Å². The van der Waals surface area contributed by atoms with Crippen LogP contribution in [0, 0.1) is 0 Å². The van der Waals surface area contributed by atoms with E-state index in [2.05, 4.69) is 24.9 Å². The zero-order valence-corrected chi connectivity index (χ0v) is 21.5. The van der Waals surface area contributed by atoms with Crippen molar-refractivity contribution in [2.24, 2.45) is 5.16 Å². The van der Waals surface area contributed by atoms with Crippen LogP contribution in [-0.2, 0) is 38.6 Å². The van der Waals surface area contributed by atoms with E-state index in [1.807, 2.05) is 12.4 Å². The highest BCUT2D eigenvalue weighted by atomic mass is 32.2. The van der Waals surface area contributed by atoms with Crippen molar-refractivity contribution in [3.63, 3.8) is 0 Å². The molecule has 0 spiro atoms. The van der Waals surface area contributed by atoms with Gasteiger partial charge < -0.3 is 21.0 Å². The van der Waals surface area contributed by atoms with Crippen LogP contribution in [0.4, 0.5) is 5.13 Å². The highest BCUT2D eigenvalue weighted by Crippen LogP contribution is 2.40. The molecule has 1 saturated heterocycles. The quantitative estimate of drug-likeness (QED) is 0.175. The average Bonchev–Trinajstić information content (AvgIpc) is 3.32. The number of aryl methyl sites for hydroxylation is 2. The summed E-state index contributed by atoms with van der Waals surface area (Å²) in [5.41, 5.74) is 8.38. The third-order valence-electron chi connectivity index (χ3n) is 6.26. The Morgan fingerprint density at radius 3 is 2.84 bits per heavy atom. The number of rotatable bonds is 8. The number of hydrogen-bond acceptors (Lipinski definition) is 11. The number of carboxylic acids is 1. The largest absolute Gasteiger partial charge is 0.477 e. The monoisotopic (exact) mass is 545 g/mol. The fourth-order valence-corrected chi connectivity index (χ4v) is 6.31. The van der Waals surface area contributed by atoms with E-state index < -0.39 is 29.2 Å². The lowest BCUT2D eigenvalue weighted by atomic mass is 9.95. The molecule has 194 valence electrons. The Balaban J connectivity index is 1.34. The fraction of sp³-hybridized carbons (Fsp3) is 0.455. The van der Waals surface area contributed by atoms with Crippen molar-refractivity contribution >= 4 is 51.9 Å². The van der Waals surface area contributed by atoms with Gasteiger partial charge in [-0.2, -0.15) is 9.36 Å². The number of nitrogen functional groups attached to an aromatic ring is 1. The van der Waals surface area contributed by atoms with Crippen molar-refractivity contribution < 1.29 is 29.0 Å². The maximum Gasteiger partial charge on any atom is 0.352 e. The summed E-state index contributed by atoms with van der Waals surface area (Å²) in [5.74, 6) is -2.08. The number of thioether (sulfide) groups is 1. The molecule has 3 aliphatic rings. The Morgan fingerprint density at radius 1 is 1.35 bits per heavy atom. The summed E-state index contributed by atoms with van der Waals surface area (Å²) >= 11 is 2.28. The summed E-state index contributed by atoms with van der Waals surface area (Å²) in [6.45, 7) is 2.17. The Bertz CT molecular complexity index is 1330. The van der Waals surface area contributed by atoms with Gasteiger partial charge in [0.2, 0.25) is 11.5 Å². The topological polar surface area (TPSA) is 177 Å². The number of nitrogens with two attached hydrogens (primary N) is 1. The van der Waals surface area contributed by atoms with Gasteiger partial charge in [-0.25, -0.2) is 4.79 Å². The van der Waals surface area contributed by atoms with E-state index in [-0.39, 0.29) is 35.5 Å². The molecule has 2 amide bonds. The van der Waals surface area contributed by atoms with E-state index in [9.17, 15) is 19.5 Å². The molecule has 13 nitrogen and oxygen atoms in total. The van der Waals surface area contributed by atoms with Gasteiger partial charge in [-0.05, 0) is 43.3 Å². The molecule has 15 heteroatoms. The summed E-state index contributed by atoms with van der Waals surface area (Å²) < 4.78 is 5.73. The van der Waals surface area contributed by atoms with E-state index in [0.717, 1.165) is 37.2 Å². The van der Waals surface area contributed by atoms with Crippen LogP contribution in [0.1, 0.15) is 36.7 Å². The highest BCUT2D eigenvalue weighted by molar-refractivity contribution is 8.00. The second kappa shape index (κ2) is 10.4. The van der Waals surface area contributed by atoms with Crippen molar-refractivity contribution in [2.75, 3.05) is 18.1 Å². The van der Waals surface area contributed by atoms with Crippen LogP contribution in [0.2, 0.25) is 0 Å². The van der Waals surface area contributed by atoms with Crippen LogP contribution in [0.15, 0.2) is 28.8 Å². The number of hydrogen-bond donors (Lipinski definition) is 3.